The number of hydrogen-bond donors (Lipinski definition) is 1. The quantitative estimate of drug-likeness (QED) is 0.743. The first-order valence-corrected chi connectivity index (χ1v) is 5.70. The molecule has 0 spiro atoms. The van der Waals surface area contributed by atoms with E-state index in [1.165, 1.54) is 19.4 Å². The zero-order valence-electron chi connectivity index (χ0n) is 9.82. The predicted molar refractivity (Wildman–Crippen MR) is 63.7 cm³/mol. The third-order valence-corrected chi connectivity index (χ3v) is 2.48. The molecule has 0 saturated heterocycles. The van der Waals surface area contributed by atoms with Crippen LogP contribution in [-0.4, -0.2) is 34.8 Å². The van der Waals surface area contributed by atoms with Crippen molar-refractivity contribution in [1.29, 1.82) is 0 Å². The molecule has 1 aromatic heterocycles. The van der Waals surface area contributed by atoms with Crippen molar-refractivity contribution >= 4 is 5.82 Å². The Balaban J connectivity index is 2.10. The number of nitrogens with two attached hydrogens (primary N) is 1. The minimum atomic E-state index is 0.606. The van der Waals surface area contributed by atoms with E-state index in [0.717, 1.165) is 19.5 Å². The van der Waals surface area contributed by atoms with Crippen molar-refractivity contribution in [3.8, 4) is 0 Å². The van der Waals surface area contributed by atoms with E-state index in [4.69, 9.17) is 5.73 Å². The van der Waals surface area contributed by atoms with Crippen LogP contribution in [0.3, 0.4) is 0 Å². The topological polar surface area (TPSA) is 47.1 Å². The largest absolute Gasteiger partial charge is 0.382 e. The predicted octanol–water partition coefficient (Wildman–Crippen LogP) is 1.59. The third kappa shape index (κ3) is 4.83. The standard InChI is InChI=1S/C11H22N4/c1-3-4-7-14(2)8-5-9-15-10-6-11(12)13-15/h6,10H,3-5,7-9H2,1-2H3,(H2,12,13). The summed E-state index contributed by atoms with van der Waals surface area (Å²) in [5.74, 6) is 0.606. The van der Waals surface area contributed by atoms with Gasteiger partial charge < -0.3 is 10.6 Å². The van der Waals surface area contributed by atoms with Gasteiger partial charge in [-0.15, -0.1) is 0 Å². The first-order chi connectivity index (χ1) is 7.22. The molecule has 86 valence electrons. The lowest BCUT2D eigenvalue weighted by atomic mass is 10.3. The van der Waals surface area contributed by atoms with Crippen molar-refractivity contribution in [2.45, 2.75) is 32.7 Å². The zero-order valence-corrected chi connectivity index (χ0v) is 9.82. The average Bonchev–Trinajstić information content (AvgIpc) is 2.61. The number of hydrogen-bond acceptors (Lipinski definition) is 3. The Bertz CT molecular complexity index is 269. The van der Waals surface area contributed by atoms with Crippen molar-refractivity contribution in [3.05, 3.63) is 12.3 Å². The van der Waals surface area contributed by atoms with Crippen molar-refractivity contribution in [2.24, 2.45) is 0 Å². The normalized spacial score (nSPS) is 11.1. The molecule has 0 aliphatic rings. The van der Waals surface area contributed by atoms with E-state index in [1.807, 2.05) is 16.9 Å². The van der Waals surface area contributed by atoms with Gasteiger partial charge in [0.15, 0.2) is 0 Å². The van der Waals surface area contributed by atoms with Crippen LogP contribution in [0.2, 0.25) is 0 Å². The van der Waals surface area contributed by atoms with Crippen molar-refractivity contribution in [1.82, 2.24) is 14.7 Å². The number of nitrogen functional groups attached to an aromatic ring is 1. The molecule has 0 saturated carbocycles. The minimum absolute atomic E-state index is 0.606. The fourth-order valence-electron chi connectivity index (χ4n) is 1.54. The summed E-state index contributed by atoms with van der Waals surface area (Å²) in [5, 5.41) is 4.15. The maximum atomic E-state index is 5.53. The molecular formula is C11H22N4. The van der Waals surface area contributed by atoms with Gasteiger partial charge in [0.25, 0.3) is 0 Å². The van der Waals surface area contributed by atoms with E-state index in [9.17, 15) is 0 Å². The van der Waals surface area contributed by atoms with E-state index in [1.54, 1.807) is 0 Å². The molecule has 2 N–H and O–H groups in total. The number of aromatic nitrogens is 2. The van der Waals surface area contributed by atoms with Gasteiger partial charge in [-0.2, -0.15) is 5.10 Å². The zero-order chi connectivity index (χ0) is 11.1. The molecule has 0 radical (unpaired) electrons. The Morgan fingerprint density at radius 2 is 2.13 bits per heavy atom. The van der Waals surface area contributed by atoms with Gasteiger partial charge in [0.1, 0.15) is 5.82 Å². The van der Waals surface area contributed by atoms with Crippen LogP contribution < -0.4 is 5.73 Å². The lowest BCUT2D eigenvalue weighted by Gasteiger charge is -2.15. The lowest BCUT2D eigenvalue weighted by Crippen LogP contribution is -2.22. The number of nitrogens with zero attached hydrogens (tertiary/aromatic N) is 3. The van der Waals surface area contributed by atoms with E-state index in [2.05, 4.69) is 24.0 Å². The SMILES string of the molecule is CCCCN(C)CCCn1ccc(N)n1. The molecule has 0 aliphatic heterocycles. The summed E-state index contributed by atoms with van der Waals surface area (Å²) in [7, 11) is 2.17. The first-order valence-electron chi connectivity index (χ1n) is 5.70. The van der Waals surface area contributed by atoms with Crippen LogP contribution in [0.4, 0.5) is 5.82 Å². The number of unbranched alkanes of at least 4 members (excludes halogenated alkanes) is 1. The Kier molecular flexibility index (Phi) is 5.18. The molecule has 0 aromatic carbocycles. The molecular weight excluding hydrogens is 188 g/mol. The highest BCUT2D eigenvalue weighted by Crippen LogP contribution is 1.99. The second-order valence-electron chi connectivity index (χ2n) is 4.01. The monoisotopic (exact) mass is 210 g/mol. The van der Waals surface area contributed by atoms with Gasteiger partial charge in [0.05, 0.1) is 0 Å². The fraction of sp³-hybridized carbons (Fsp3) is 0.727. The van der Waals surface area contributed by atoms with Crippen LogP contribution in [0.5, 0.6) is 0 Å². The molecule has 0 bridgehead atoms. The van der Waals surface area contributed by atoms with E-state index < -0.39 is 0 Å². The summed E-state index contributed by atoms with van der Waals surface area (Å²) in [6.07, 6.45) is 5.61. The highest BCUT2D eigenvalue weighted by Gasteiger charge is 1.98. The molecule has 1 heterocycles. The highest BCUT2D eigenvalue weighted by molar-refractivity contribution is 5.23. The highest BCUT2D eigenvalue weighted by atomic mass is 15.3. The van der Waals surface area contributed by atoms with E-state index in [-0.39, 0.29) is 0 Å². The van der Waals surface area contributed by atoms with Crippen LogP contribution in [0.1, 0.15) is 26.2 Å². The Hall–Kier alpha value is -1.03. The fourth-order valence-corrected chi connectivity index (χ4v) is 1.54. The summed E-state index contributed by atoms with van der Waals surface area (Å²) in [6, 6.07) is 1.83. The van der Waals surface area contributed by atoms with Gasteiger partial charge in [-0.05, 0) is 39.0 Å². The summed E-state index contributed by atoms with van der Waals surface area (Å²) in [6.45, 7) is 5.49. The number of anilines is 1. The smallest absolute Gasteiger partial charge is 0.145 e. The molecule has 0 amide bonds. The summed E-state index contributed by atoms with van der Waals surface area (Å²) in [4.78, 5) is 2.37. The lowest BCUT2D eigenvalue weighted by molar-refractivity contribution is 0.313. The van der Waals surface area contributed by atoms with E-state index in [0.29, 0.717) is 5.82 Å². The van der Waals surface area contributed by atoms with Crippen LogP contribution in [0, 0.1) is 0 Å². The first kappa shape index (κ1) is 12.0. The minimum Gasteiger partial charge on any atom is -0.382 e. The van der Waals surface area contributed by atoms with Crippen molar-refractivity contribution in [3.63, 3.8) is 0 Å². The van der Waals surface area contributed by atoms with Gasteiger partial charge in [-0.1, -0.05) is 13.3 Å². The Morgan fingerprint density at radius 3 is 2.73 bits per heavy atom. The summed E-state index contributed by atoms with van der Waals surface area (Å²) >= 11 is 0. The number of aryl methyl sites for hydroxylation is 1. The maximum Gasteiger partial charge on any atom is 0.145 e. The average molecular weight is 210 g/mol. The van der Waals surface area contributed by atoms with Crippen LogP contribution >= 0.6 is 0 Å². The molecule has 4 nitrogen and oxygen atoms in total. The third-order valence-electron chi connectivity index (χ3n) is 2.48. The molecule has 0 aliphatic carbocycles. The maximum absolute atomic E-state index is 5.53. The second-order valence-corrected chi connectivity index (χ2v) is 4.01. The molecule has 1 rings (SSSR count). The van der Waals surface area contributed by atoms with Gasteiger partial charge in [-0.25, -0.2) is 0 Å². The molecule has 4 heteroatoms. The van der Waals surface area contributed by atoms with Crippen molar-refractivity contribution in [2.75, 3.05) is 25.9 Å². The van der Waals surface area contributed by atoms with E-state index >= 15 is 0 Å². The molecule has 0 unspecified atom stereocenters. The van der Waals surface area contributed by atoms with Crippen LogP contribution in [-0.2, 0) is 6.54 Å². The number of rotatable bonds is 7. The summed E-state index contributed by atoms with van der Waals surface area (Å²) < 4.78 is 1.91. The van der Waals surface area contributed by atoms with Gasteiger partial charge >= 0.3 is 0 Å². The Morgan fingerprint density at radius 1 is 1.40 bits per heavy atom. The van der Waals surface area contributed by atoms with Crippen molar-refractivity contribution < 1.29 is 0 Å². The van der Waals surface area contributed by atoms with Crippen LogP contribution in [0.15, 0.2) is 12.3 Å². The van der Waals surface area contributed by atoms with Crippen LogP contribution in [0.25, 0.3) is 0 Å². The Labute approximate surface area is 92.1 Å². The van der Waals surface area contributed by atoms with Gasteiger partial charge in [-0.3, -0.25) is 4.68 Å². The molecule has 15 heavy (non-hydrogen) atoms. The van der Waals surface area contributed by atoms with Gasteiger partial charge in [0, 0.05) is 12.7 Å². The molecule has 0 fully saturated rings. The molecule has 1 aromatic rings. The summed E-state index contributed by atoms with van der Waals surface area (Å²) in [5.41, 5.74) is 5.53. The van der Waals surface area contributed by atoms with Gasteiger partial charge in [0.2, 0.25) is 0 Å². The second kappa shape index (κ2) is 6.45. The molecule has 0 atom stereocenters.